The molecule has 9 heteroatoms. The third-order valence-electron chi connectivity index (χ3n) is 2.48. The second kappa shape index (κ2) is 6.06. The van der Waals surface area contributed by atoms with Gasteiger partial charge in [0.25, 0.3) is 0 Å². The molecule has 0 fully saturated rings. The number of carboxylic acids is 1. The van der Waals surface area contributed by atoms with Crippen molar-refractivity contribution in [3.05, 3.63) is 17.9 Å². The lowest BCUT2D eigenvalue weighted by Crippen LogP contribution is -2.32. The average Bonchev–Trinajstić information content (AvgIpc) is 2.37. The largest absolute Gasteiger partial charge is 0.493 e. The van der Waals surface area contributed by atoms with Gasteiger partial charge in [-0.3, -0.25) is 4.79 Å². The molecule has 0 aliphatic heterocycles. The van der Waals surface area contributed by atoms with Crippen molar-refractivity contribution in [2.75, 3.05) is 27.8 Å². The van der Waals surface area contributed by atoms with E-state index >= 15 is 0 Å². The Bertz CT molecular complexity index is 616. The molecule has 0 heterocycles. The fourth-order valence-electron chi connectivity index (χ4n) is 1.48. The number of hydrogen-bond donors (Lipinski definition) is 1. The highest BCUT2D eigenvalue weighted by molar-refractivity contribution is 7.89. The normalized spacial score (nSPS) is 11.4. The molecule has 0 amide bonds. The number of ether oxygens (including phenoxy) is 2. The summed E-state index contributed by atoms with van der Waals surface area (Å²) in [4.78, 5) is 9.87. The molecule has 1 N–H and O–H groups in total. The Balaban J connectivity index is 3.35. The quantitative estimate of drug-likeness (QED) is 0.825. The van der Waals surface area contributed by atoms with Crippen LogP contribution in [0.2, 0.25) is 0 Å². The SMILES string of the molecule is COc1cc(F)c(S(=O)(=O)N(C)CC(=O)O)cc1OC. The van der Waals surface area contributed by atoms with E-state index in [1.165, 1.54) is 14.2 Å². The standard InChI is InChI=1S/C11H14FNO6S/c1-13(6-11(14)15)20(16,17)10-5-9(19-3)8(18-2)4-7(10)12/h4-5H,6H2,1-3H3,(H,14,15). The van der Waals surface area contributed by atoms with Crippen molar-refractivity contribution in [3.63, 3.8) is 0 Å². The monoisotopic (exact) mass is 307 g/mol. The molecule has 0 atom stereocenters. The van der Waals surface area contributed by atoms with Crippen molar-refractivity contribution in [2.24, 2.45) is 0 Å². The molecule has 0 spiro atoms. The molecule has 1 aromatic carbocycles. The second-order valence-corrected chi connectivity index (χ2v) is 5.81. The summed E-state index contributed by atoms with van der Waals surface area (Å²) in [5.41, 5.74) is 0. The van der Waals surface area contributed by atoms with E-state index in [0.717, 1.165) is 19.2 Å². The van der Waals surface area contributed by atoms with E-state index in [1.54, 1.807) is 0 Å². The van der Waals surface area contributed by atoms with Crippen LogP contribution in [0.15, 0.2) is 17.0 Å². The van der Waals surface area contributed by atoms with E-state index < -0.39 is 33.3 Å². The predicted molar refractivity (Wildman–Crippen MR) is 67.0 cm³/mol. The van der Waals surface area contributed by atoms with Gasteiger partial charge in [0, 0.05) is 19.2 Å². The summed E-state index contributed by atoms with van der Waals surface area (Å²) < 4.78 is 48.3. The summed E-state index contributed by atoms with van der Waals surface area (Å²) in [7, 11) is -0.688. The average molecular weight is 307 g/mol. The molecule has 0 saturated carbocycles. The van der Waals surface area contributed by atoms with Gasteiger partial charge < -0.3 is 14.6 Å². The molecular formula is C11H14FNO6S. The number of likely N-dealkylation sites (N-methyl/N-ethyl adjacent to an activating group) is 1. The van der Waals surface area contributed by atoms with Crippen molar-refractivity contribution in [2.45, 2.75) is 4.90 Å². The van der Waals surface area contributed by atoms with Crippen molar-refractivity contribution in [1.82, 2.24) is 4.31 Å². The number of benzene rings is 1. The Morgan fingerprint density at radius 2 is 1.80 bits per heavy atom. The summed E-state index contributed by atoms with van der Waals surface area (Å²) in [6.07, 6.45) is 0. The first-order valence-electron chi connectivity index (χ1n) is 5.33. The number of rotatable bonds is 6. The minimum atomic E-state index is -4.28. The van der Waals surface area contributed by atoms with Crippen LogP contribution in [0, 0.1) is 5.82 Å². The fraction of sp³-hybridized carbons (Fsp3) is 0.364. The van der Waals surface area contributed by atoms with Crippen LogP contribution >= 0.6 is 0 Å². The summed E-state index contributed by atoms with van der Waals surface area (Å²) in [6.45, 7) is -0.782. The zero-order valence-electron chi connectivity index (χ0n) is 11.1. The maximum Gasteiger partial charge on any atom is 0.318 e. The van der Waals surface area contributed by atoms with E-state index in [-0.39, 0.29) is 11.5 Å². The van der Waals surface area contributed by atoms with Gasteiger partial charge in [0.05, 0.1) is 14.2 Å². The molecule has 1 aromatic rings. The molecule has 0 aromatic heterocycles. The zero-order chi connectivity index (χ0) is 15.5. The first kappa shape index (κ1) is 16.2. The molecular weight excluding hydrogens is 293 g/mol. The topological polar surface area (TPSA) is 93.1 Å². The van der Waals surface area contributed by atoms with Crippen LogP contribution in [0.3, 0.4) is 0 Å². The van der Waals surface area contributed by atoms with Crippen molar-refractivity contribution in [1.29, 1.82) is 0 Å². The van der Waals surface area contributed by atoms with Crippen LogP contribution in [0.4, 0.5) is 4.39 Å². The van der Waals surface area contributed by atoms with Gasteiger partial charge in [-0.05, 0) is 0 Å². The first-order valence-corrected chi connectivity index (χ1v) is 6.77. The number of aliphatic carboxylic acids is 1. The van der Waals surface area contributed by atoms with Crippen LogP contribution in [0.5, 0.6) is 11.5 Å². The van der Waals surface area contributed by atoms with Gasteiger partial charge in [-0.1, -0.05) is 0 Å². The lowest BCUT2D eigenvalue weighted by Gasteiger charge is -2.17. The summed E-state index contributed by atoms with van der Waals surface area (Å²) in [6, 6.07) is 1.81. The second-order valence-electron chi connectivity index (χ2n) is 3.79. The van der Waals surface area contributed by atoms with Crippen LogP contribution in [0.1, 0.15) is 0 Å². The molecule has 0 saturated heterocycles. The molecule has 0 aliphatic rings. The molecule has 0 radical (unpaired) electrons. The highest BCUT2D eigenvalue weighted by Gasteiger charge is 2.28. The van der Waals surface area contributed by atoms with E-state index in [2.05, 4.69) is 0 Å². The maximum absolute atomic E-state index is 13.9. The van der Waals surface area contributed by atoms with E-state index in [4.69, 9.17) is 14.6 Å². The predicted octanol–water partition coefficient (Wildman–Crippen LogP) is 0.548. The highest BCUT2D eigenvalue weighted by atomic mass is 32.2. The zero-order valence-corrected chi connectivity index (χ0v) is 11.9. The number of carboxylic acid groups (broad SMARTS) is 1. The molecule has 0 bridgehead atoms. The number of sulfonamides is 1. The van der Waals surface area contributed by atoms with E-state index in [9.17, 15) is 17.6 Å². The van der Waals surface area contributed by atoms with Crippen LogP contribution in [0.25, 0.3) is 0 Å². The fourth-order valence-corrected chi connectivity index (χ4v) is 2.65. The van der Waals surface area contributed by atoms with Gasteiger partial charge in [0.15, 0.2) is 11.5 Å². The van der Waals surface area contributed by atoms with Crippen LogP contribution < -0.4 is 9.47 Å². The molecule has 7 nitrogen and oxygen atoms in total. The van der Waals surface area contributed by atoms with Gasteiger partial charge in [-0.2, -0.15) is 4.31 Å². The molecule has 20 heavy (non-hydrogen) atoms. The van der Waals surface area contributed by atoms with Gasteiger partial charge in [0.1, 0.15) is 17.3 Å². The minimum Gasteiger partial charge on any atom is -0.493 e. The Morgan fingerprint density at radius 1 is 1.30 bits per heavy atom. The summed E-state index contributed by atoms with van der Waals surface area (Å²) in [5, 5.41) is 8.60. The van der Waals surface area contributed by atoms with Crippen LogP contribution in [-0.4, -0.2) is 51.6 Å². The van der Waals surface area contributed by atoms with E-state index in [1.807, 2.05) is 0 Å². The Labute approximate surface area is 115 Å². The molecule has 0 aliphatic carbocycles. The lowest BCUT2D eigenvalue weighted by molar-refractivity contribution is -0.137. The first-order chi connectivity index (χ1) is 9.23. The molecule has 0 unspecified atom stereocenters. The number of nitrogens with zero attached hydrogens (tertiary/aromatic N) is 1. The Kier molecular flexibility index (Phi) is 4.90. The van der Waals surface area contributed by atoms with Gasteiger partial charge in [-0.25, -0.2) is 12.8 Å². The van der Waals surface area contributed by atoms with E-state index in [0.29, 0.717) is 4.31 Å². The third kappa shape index (κ3) is 3.17. The minimum absolute atomic E-state index is 0.0243. The molecule has 1 rings (SSSR count). The van der Waals surface area contributed by atoms with Crippen molar-refractivity contribution >= 4 is 16.0 Å². The maximum atomic E-state index is 13.9. The van der Waals surface area contributed by atoms with Gasteiger partial charge >= 0.3 is 5.97 Å². The number of methoxy groups -OCH3 is 2. The van der Waals surface area contributed by atoms with Crippen molar-refractivity contribution in [3.8, 4) is 11.5 Å². The van der Waals surface area contributed by atoms with Crippen LogP contribution in [-0.2, 0) is 14.8 Å². The van der Waals surface area contributed by atoms with Crippen molar-refractivity contribution < 1.29 is 32.2 Å². The number of halogens is 1. The number of hydrogen-bond acceptors (Lipinski definition) is 5. The van der Waals surface area contributed by atoms with Gasteiger partial charge in [0.2, 0.25) is 10.0 Å². The Hall–Kier alpha value is -1.87. The third-order valence-corrected chi connectivity index (χ3v) is 4.30. The Morgan fingerprint density at radius 3 is 2.25 bits per heavy atom. The summed E-state index contributed by atoms with van der Waals surface area (Å²) >= 11 is 0. The lowest BCUT2D eigenvalue weighted by atomic mass is 10.3. The summed E-state index contributed by atoms with van der Waals surface area (Å²) in [5.74, 6) is -2.35. The smallest absolute Gasteiger partial charge is 0.318 e. The van der Waals surface area contributed by atoms with Gasteiger partial charge in [-0.15, -0.1) is 0 Å². The highest BCUT2D eigenvalue weighted by Crippen LogP contribution is 2.32. The molecule has 112 valence electrons. The number of carbonyl (C=O) groups is 1.